The van der Waals surface area contributed by atoms with E-state index in [1.807, 2.05) is 38.1 Å². The summed E-state index contributed by atoms with van der Waals surface area (Å²) in [4.78, 5) is 19.0. The van der Waals surface area contributed by atoms with E-state index in [1.54, 1.807) is 11.8 Å². The number of thioether (sulfide) groups is 1. The van der Waals surface area contributed by atoms with Crippen molar-refractivity contribution >= 4 is 28.8 Å². The number of nitrogens with zero attached hydrogens (tertiary/aromatic N) is 1. The van der Waals surface area contributed by atoms with E-state index in [9.17, 15) is 4.79 Å². The molecule has 1 aromatic carbocycles. The molecule has 0 bridgehead atoms. The first-order valence-electron chi connectivity index (χ1n) is 5.96. The number of hydrogen-bond acceptors (Lipinski definition) is 4. The van der Waals surface area contributed by atoms with Crippen molar-refractivity contribution in [2.45, 2.75) is 30.7 Å². The van der Waals surface area contributed by atoms with Crippen molar-refractivity contribution in [3.63, 3.8) is 0 Å². The van der Waals surface area contributed by atoms with Gasteiger partial charge in [-0.3, -0.25) is 4.79 Å². The Hall–Kier alpha value is -1.49. The fourth-order valence-electron chi connectivity index (χ4n) is 1.67. The van der Waals surface area contributed by atoms with Gasteiger partial charge in [0, 0.05) is 5.25 Å². The molecule has 0 saturated carbocycles. The van der Waals surface area contributed by atoms with Gasteiger partial charge in [-0.05, 0) is 19.1 Å². The first-order chi connectivity index (χ1) is 8.69. The number of hydrogen-bond donors (Lipinski definition) is 1. The number of carbonyl (C=O) groups excluding carboxylic acids is 1. The number of nitrogens with one attached hydrogen (secondary N) is 1. The lowest BCUT2D eigenvalue weighted by Gasteiger charge is -2.07. The third kappa shape index (κ3) is 3.26. The van der Waals surface area contributed by atoms with E-state index in [0.29, 0.717) is 13.0 Å². The summed E-state index contributed by atoms with van der Waals surface area (Å²) in [5.74, 6) is -0.159. The molecule has 2 aromatic rings. The molecule has 0 aliphatic heterocycles. The zero-order chi connectivity index (χ0) is 13.0. The number of aromatic amines is 1. The van der Waals surface area contributed by atoms with E-state index in [-0.39, 0.29) is 11.2 Å². The Kier molecular flexibility index (Phi) is 4.25. The van der Waals surface area contributed by atoms with Crippen molar-refractivity contribution in [3.8, 4) is 0 Å². The van der Waals surface area contributed by atoms with Crippen LogP contribution in [0.2, 0.25) is 0 Å². The highest BCUT2D eigenvalue weighted by molar-refractivity contribution is 7.99. The van der Waals surface area contributed by atoms with Crippen LogP contribution in [0.5, 0.6) is 0 Å². The van der Waals surface area contributed by atoms with Crippen LogP contribution in [0.4, 0.5) is 0 Å². The predicted molar refractivity (Wildman–Crippen MR) is 72.7 cm³/mol. The molecular weight excluding hydrogens is 248 g/mol. The second-order valence-electron chi connectivity index (χ2n) is 4.00. The molecule has 0 spiro atoms. The Labute approximate surface area is 110 Å². The van der Waals surface area contributed by atoms with E-state index >= 15 is 0 Å². The van der Waals surface area contributed by atoms with Gasteiger partial charge in [-0.15, -0.1) is 0 Å². The highest BCUT2D eigenvalue weighted by atomic mass is 32.2. The van der Waals surface area contributed by atoms with Gasteiger partial charge in [-0.2, -0.15) is 0 Å². The zero-order valence-corrected chi connectivity index (χ0v) is 11.3. The van der Waals surface area contributed by atoms with E-state index in [4.69, 9.17) is 4.74 Å². The number of ether oxygens (including phenoxy) is 1. The number of carbonyl (C=O) groups is 1. The van der Waals surface area contributed by atoms with Crippen LogP contribution < -0.4 is 0 Å². The van der Waals surface area contributed by atoms with Crippen LogP contribution >= 0.6 is 11.8 Å². The average molecular weight is 264 g/mol. The summed E-state index contributed by atoms with van der Waals surface area (Å²) in [7, 11) is 0. The summed E-state index contributed by atoms with van der Waals surface area (Å²) in [6, 6.07) is 7.88. The number of rotatable bonds is 5. The van der Waals surface area contributed by atoms with Crippen molar-refractivity contribution in [2.75, 3.05) is 6.61 Å². The molecule has 96 valence electrons. The van der Waals surface area contributed by atoms with Gasteiger partial charge >= 0.3 is 5.97 Å². The lowest BCUT2D eigenvalue weighted by molar-refractivity contribution is -0.142. The number of fused-ring (bicyclic) bond motifs is 1. The Morgan fingerprint density at radius 2 is 2.28 bits per heavy atom. The van der Waals surface area contributed by atoms with Crippen LogP contribution in [0.3, 0.4) is 0 Å². The van der Waals surface area contributed by atoms with Crippen LogP contribution in [-0.2, 0) is 9.53 Å². The van der Waals surface area contributed by atoms with Gasteiger partial charge in [0.25, 0.3) is 0 Å². The van der Waals surface area contributed by atoms with E-state index in [1.165, 1.54) is 0 Å². The van der Waals surface area contributed by atoms with Gasteiger partial charge in [0.1, 0.15) is 0 Å². The standard InChI is InChI=1S/C13H16N2O2S/c1-3-17-12(16)8-9(2)18-13-14-10-6-4-5-7-11(10)15-13/h4-7,9H,3,8H2,1-2H3,(H,14,15). The number of benzene rings is 1. The Balaban J connectivity index is 1.98. The number of imidazole rings is 1. The fraction of sp³-hybridized carbons (Fsp3) is 0.385. The highest BCUT2D eigenvalue weighted by Crippen LogP contribution is 2.25. The second kappa shape index (κ2) is 5.91. The SMILES string of the molecule is CCOC(=O)CC(C)Sc1nc2ccccc2[nH]1. The fourth-order valence-corrected chi connectivity index (χ4v) is 2.59. The summed E-state index contributed by atoms with van der Waals surface area (Å²) >= 11 is 1.56. The van der Waals surface area contributed by atoms with Crippen LogP contribution in [0.25, 0.3) is 11.0 Å². The van der Waals surface area contributed by atoms with Gasteiger partial charge in [-0.1, -0.05) is 30.8 Å². The smallest absolute Gasteiger partial charge is 0.306 e. The molecule has 2 rings (SSSR count). The molecule has 5 heteroatoms. The van der Waals surface area contributed by atoms with Crippen molar-refractivity contribution in [1.29, 1.82) is 0 Å². The van der Waals surface area contributed by atoms with Gasteiger partial charge in [-0.25, -0.2) is 4.98 Å². The maximum absolute atomic E-state index is 11.3. The summed E-state index contributed by atoms with van der Waals surface area (Å²) in [6.07, 6.45) is 0.398. The molecule has 0 fully saturated rings. The molecule has 1 atom stereocenters. The minimum Gasteiger partial charge on any atom is -0.466 e. The molecule has 1 aromatic heterocycles. The molecule has 1 unspecified atom stereocenters. The third-order valence-corrected chi connectivity index (χ3v) is 3.43. The maximum Gasteiger partial charge on any atom is 0.306 e. The van der Waals surface area contributed by atoms with Crippen molar-refractivity contribution in [2.24, 2.45) is 0 Å². The molecule has 0 amide bonds. The lowest BCUT2D eigenvalue weighted by Crippen LogP contribution is -2.10. The van der Waals surface area contributed by atoms with Crippen LogP contribution in [0, 0.1) is 0 Å². The quantitative estimate of drug-likeness (QED) is 0.666. The van der Waals surface area contributed by atoms with Crippen LogP contribution in [0.1, 0.15) is 20.3 Å². The summed E-state index contributed by atoms with van der Waals surface area (Å²) in [5.41, 5.74) is 1.96. The van der Waals surface area contributed by atoms with E-state index < -0.39 is 0 Å². The normalized spacial score (nSPS) is 12.6. The molecule has 0 aliphatic carbocycles. The molecule has 4 nitrogen and oxygen atoms in total. The van der Waals surface area contributed by atoms with E-state index in [0.717, 1.165) is 16.2 Å². The molecule has 1 heterocycles. The summed E-state index contributed by atoms with van der Waals surface area (Å²) < 4.78 is 4.93. The van der Waals surface area contributed by atoms with Crippen molar-refractivity contribution < 1.29 is 9.53 Å². The molecular formula is C13H16N2O2S. The topological polar surface area (TPSA) is 55.0 Å². The number of esters is 1. The minimum absolute atomic E-state index is 0.143. The first-order valence-corrected chi connectivity index (χ1v) is 6.84. The largest absolute Gasteiger partial charge is 0.466 e. The number of para-hydroxylation sites is 2. The molecule has 18 heavy (non-hydrogen) atoms. The summed E-state index contributed by atoms with van der Waals surface area (Å²) in [6.45, 7) is 4.24. The Morgan fingerprint density at radius 1 is 1.50 bits per heavy atom. The average Bonchev–Trinajstić information content (AvgIpc) is 2.70. The Morgan fingerprint density at radius 3 is 3.00 bits per heavy atom. The van der Waals surface area contributed by atoms with E-state index in [2.05, 4.69) is 9.97 Å². The summed E-state index contributed by atoms with van der Waals surface area (Å²) in [5, 5.41) is 0.984. The zero-order valence-electron chi connectivity index (χ0n) is 10.5. The van der Waals surface area contributed by atoms with Crippen LogP contribution in [-0.4, -0.2) is 27.8 Å². The lowest BCUT2D eigenvalue weighted by atomic mass is 10.3. The third-order valence-electron chi connectivity index (χ3n) is 2.44. The van der Waals surface area contributed by atoms with Gasteiger partial charge in [0.05, 0.1) is 24.1 Å². The van der Waals surface area contributed by atoms with Gasteiger partial charge < -0.3 is 9.72 Å². The number of H-pyrrole nitrogens is 1. The van der Waals surface area contributed by atoms with Crippen molar-refractivity contribution in [1.82, 2.24) is 9.97 Å². The first kappa shape index (κ1) is 13.0. The van der Waals surface area contributed by atoms with Crippen molar-refractivity contribution in [3.05, 3.63) is 24.3 Å². The van der Waals surface area contributed by atoms with Gasteiger partial charge in [0.15, 0.2) is 5.16 Å². The molecule has 0 aliphatic rings. The maximum atomic E-state index is 11.3. The van der Waals surface area contributed by atoms with Crippen LogP contribution in [0.15, 0.2) is 29.4 Å². The number of aromatic nitrogens is 2. The minimum atomic E-state index is -0.159. The molecule has 0 radical (unpaired) electrons. The monoisotopic (exact) mass is 264 g/mol. The molecule has 0 saturated heterocycles. The highest BCUT2D eigenvalue weighted by Gasteiger charge is 2.13. The predicted octanol–water partition coefficient (Wildman–Crippen LogP) is 3.00. The Bertz CT molecular complexity index is 506. The van der Waals surface area contributed by atoms with Gasteiger partial charge in [0.2, 0.25) is 0 Å². The second-order valence-corrected chi connectivity index (χ2v) is 5.42. The molecule has 1 N–H and O–H groups in total.